The van der Waals surface area contributed by atoms with Crippen LogP contribution < -0.4 is 10.2 Å². The van der Waals surface area contributed by atoms with Gasteiger partial charge in [-0.05, 0) is 19.3 Å². The van der Waals surface area contributed by atoms with Crippen LogP contribution in [0.2, 0.25) is 0 Å². The highest BCUT2D eigenvalue weighted by molar-refractivity contribution is 5.32. The Morgan fingerprint density at radius 1 is 1.37 bits per heavy atom. The zero-order valence-corrected chi connectivity index (χ0v) is 11.5. The van der Waals surface area contributed by atoms with Crippen molar-refractivity contribution in [3.05, 3.63) is 18.0 Å². The summed E-state index contributed by atoms with van der Waals surface area (Å²) in [5, 5.41) is 3.48. The van der Waals surface area contributed by atoms with Gasteiger partial charge < -0.3 is 15.0 Å². The molecule has 0 bridgehead atoms. The summed E-state index contributed by atoms with van der Waals surface area (Å²) in [5.74, 6) is 0.838. The molecule has 5 nitrogen and oxygen atoms in total. The highest BCUT2D eigenvalue weighted by Gasteiger charge is 2.23. The minimum Gasteiger partial charge on any atom is -0.377 e. The van der Waals surface area contributed by atoms with E-state index in [2.05, 4.69) is 27.1 Å². The van der Waals surface area contributed by atoms with E-state index in [9.17, 15) is 0 Å². The number of anilines is 1. The summed E-state index contributed by atoms with van der Waals surface area (Å²) < 4.78 is 5.51. The Balaban J connectivity index is 1.62. The molecular weight excluding hydrogens is 240 g/mol. The van der Waals surface area contributed by atoms with Crippen molar-refractivity contribution in [1.29, 1.82) is 0 Å². The number of ether oxygens (including phenoxy) is 1. The number of hydrogen-bond acceptors (Lipinski definition) is 5. The third kappa shape index (κ3) is 3.22. The number of rotatable bonds is 5. The van der Waals surface area contributed by atoms with Crippen LogP contribution in [-0.2, 0) is 11.3 Å². The van der Waals surface area contributed by atoms with Gasteiger partial charge >= 0.3 is 0 Å². The second-order valence-corrected chi connectivity index (χ2v) is 5.38. The van der Waals surface area contributed by atoms with Crippen molar-refractivity contribution >= 4 is 5.95 Å². The Hall–Kier alpha value is -1.20. The molecule has 1 atom stereocenters. The van der Waals surface area contributed by atoms with Crippen molar-refractivity contribution in [3.63, 3.8) is 0 Å². The van der Waals surface area contributed by atoms with Gasteiger partial charge in [0, 0.05) is 37.1 Å². The predicted octanol–water partition coefficient (Wildman–Crippen LogP) is 1.34. The largest absolute Gasteiger partial charge is 0.377 e. The first-order valence-corrected chi connectivity index (χ1v) is 7.25. The molecule has 2 fully saturated rings. The number of nitrogens with zero attached hydrogens (tertiary/aromatic N) is 3. The van der Waals surface area contributed by atoms with Gasteiger partial charge in [0.15, 0.2) is 0 Å². The Bertz CT molecular complexity index is 404. The van der Waals surface area contributed by atoms with E-state index in [0.717, 1.165) is 50.3 Å². The molecule has 0 aromatic carbocycles. The summed E-state index contributed by atoms with van der Waals surface area (Å²) in [4.78, 5) is 11.3. The van der Waals surface area contributed by atoms with Gasteiger partial charge in [0.05, 0.1) is 19.3 Å². The van der Waals surface area contributed by atoms with Gasteiger partial charge in [-0.1, -0.05) is 6.92 Å². The second-order valence-electron chi connectivity index (χ2n) is 5.38. The SMILES string of the molecule is CCC1COCCN1c1ncc(CNC2CC2)cn1. The van der Waals surface area contributed by atoms with Crippen LogP contribution in [0.5, 0.6) is 0 Å². The molecule has 1 N–H and O–H groups in total. The number of morpholine rings is 1. The van der Waals surface area contributed by atoms with Gasteiger partial charge in [-0.15, -0.1) is 0 Å². The maximum atomic E-state index is 5.51. The Morgan fingerprint density at radius 3 is 2.84 bits per heavy atom. The summed E-state index contributed by atoms with van der Waals surface area (Å²) in [6.45, 7) is 5.50. The normalized spacial score (nSPS) is 23.6. The van der Waals surface area contributed by atoms with E-state index >= 15 is 0 Å². The van der Waals surface area contributed by atoms with Crippen LogP contribution >= 0.6 is 0 Å². The van der Waals surface area contributed by atoms with Gasteiger partial charge in [0.1, 0.15) is 0 Å². The minimum absolute atomic E-state index is 0.407. The monoisotopic (exact) mass is 262 g/mol. The van der Waals surface area contributed by atoms with Crippen molar-refractivity contribution in [2.45, 2.75) is 44.8 Å². The van der Waals surface area contributed by atoms with Crippen LogP contribution in [0.15, 0.2) is 12.4 Å². The predicted molar refractivity (Wildman–Crippen MR) is 74.1 cm³/mol. The van der Waals surface area contributed by atoms with Crippen molar-refractivity contribution in [2.24, 2.45) is 0 Å². The molecule has 1 aromatic heterocycles. The zero-order valence-electron chi connectivity index (χ0n) is 11.5. The molecule has 2 aliphatic rings. The van der Waals surface area contributed by atoms with E-state index in [1.54, 1.807) is 0 Å². The van der Waals surface area contributed by atoms with Gasteiger partial charge in [-0.3, -0.25) is 0 Å². The molecule has 0 spiro atoms. The van der Waals surface area contributed by atoms with Crippen LogP contribution in [-0.4, -0.2) is 41.8 Å². The molecular formula is C14H22N4O. The number of aromatic nitrogens is 2. The quantitative estimate of drug-likeness (QED) is 0.868. The molecule has 2 heterocycles. The van der Waals surface area contributed by atoms with Crippen LogP contribution in [0.4, 0.5) is 5.95 Å². The highest BCUT2D eigenvalue weighted by atomic mass is 16.5. The number of hydrogen-bond donors (Lipinski definition) is 1. The lowest BCUT2D eigenvalue weighted by molar-refractivity contribution is 0.0921. The molecule has 1 saturated carbocycles. The fourth-order valence-electron chi connectivity index (χ4n) is 2.39. The van der Waals surface area contributed by atoms with Crippen LogP contribution in [0, 0.1) is 0 Å². The molecule has 1 unspecified atom stereocenters. The van der Waals surface area contributed by atoms with Crippen molar-refractivity contribution in [2.75, 3.05) is 24.7 Å². The summed E-state index contributed by atoms with van der Waals surface area (Å²) in [6.07, 6.45) is 7.57. The Labute approximate surface area is 114 Å². The zero-order chi connectivity index (χ0) is 13.1. The van der Waals surface area contributed by atoms with E-state index in [-0.39, 0.29) is 0 Å². The maximum Gasteiger partial charge on any atom is 0.225 e. The average molecular weight is 262 g/mol. The molecule has 1 aromatic rings. The van der Waals surface area contributed by atoms with E-state index in [1.807, 2.05) is 12.4 Å². The van der Waals surface area contributed by atoms with Gasteiger partial charge in [0.25, 0.3) is 0 Å². The van der Waals surface area contributed by atoms with E-state index < -0.39 is 0 Å². The molecule has 1 saturated heterocycles. The average Bonchev–Trinajstić information content (AvgIpc) is 3.30. The molecule has 5 heteroatoms. The van der Waals surface area contributed by atoms with E-state index in [0.29, 0.717) is 6.04 Å². The topological polar surface area (TPSA) is 50.3 Å². The highest BCUT2D eigenvalue weighted by Crippen LogP contribution is 2.20. The van der Waals surface area contributed by atoms with Gasteiger partial charge in [-0.25, -0.2) is 9.97 Å². The summed E-state index contributed by atoms with van der Waals surface area (Å²) >= 11 is 0. The first-order chi connectivity index (χ1) is 9.36. The lowest BCUT2D eigenvalue weighted by Gasteiger charge is -2.35. The Morgan fingerprint density at radius 2 is 2.16 bits per heavy atom. The van der Waals surface area contributed by atoms with E-state index in [4.69, 9.17) is 4.74 Å². The fraction of sp³-hybridized carbons (Fsp3) is 0.714. The molecule has 1 aliphatic heterocycles. The minimum atomic E-state index is 0.407. The van der Waals surface area contributed by atoms with Crippen LogP contribution in [0.3, 0.4) is 0 Å². The molecule has 1 aliphatic carbocycles. The first kappa shape index (κ1) is 12.8. The molecule has 104 valence electrons. The van der Waals surface area contributed by atoms with Crippen molar-refractivity contribution in [1.82, 2.24) is 15.3 Å². The first-order valence-electron chi connectivity index (χ1n) is 7.25. The third-order valence-electron chi connectivity index (χ3n) is 3.82. The summed E-state index contributed by atoms with van der Waals surface area (Å²) in [6, 6.07) is 1.13. The van der Waals surface area contributed by atoms with Crippen LogP contribution in [0.25, 0.3) is 0 Å². The van der Waals surface area contributed by atoms with Gasteiger partial charge in [-0.2, -0.15) is 0 Å². The smallest absolute Gasteiger partial charge is 0.225 e. The fourth-order valence-corrected chi connectivity index (χ4v) is 2.39. The standard InChI is InChI=1S/C14H22N4O/c1-2-13-10-19-6-5-18(13)14-16-8-11(9-17-14)7-15-12-3-4-12/h8-9,12-13,15H,2-7,10H2,1H3. The van der Waals surface area contributed by atoms with Crippen LogP contribution in [0.1, 0.15) is 31.7 Å². The molecule has 19 heavy (non-hydrogen) atoms. The lowest BCUT2D eigenvalue weighted by atomic mass is 10.2. The van der Waals surface area contributed by atoms with E-state index in [1.165, 1.54) is 12.8 Å². The second kappa shape index (κ2) is 5.84. The third-order valence-corrected chi connectivity index (χ3v) is 3.82. The number of nitrogens with one attached hydrogen (secondary N) is 1. The maximum absolute atomic E-state index is 5.51. The van der Waals surface area contributed by atoms with Crippen molar-refractivity contribution in [3.8, 4) is 0 Å². The molecule has 0 amide bonds. The molecule has 0 radical (unpaired) electrons. The lowest BCUT2D eigenvalue weighted by Crippen LogP contribution is -2.46. The molecule has 3 rings (SSSR count). The Kier molecular flexibility index (Phi) is 3.94. The van der Waals surface area contributed by atoms with Crippen molar-refractivity contribution < 1.29 is 4.74 Å². The van der Waals surface area contributed by atoms with Gasteiger partial charge in [0.2, 0.25) is 5.95 Å². The summed E-state index contributed by atoms with van der Waals surface area (Å²) in [7, 11) is 0. The summed E-state index contributed by atoms with van der Waals surface area (Å²) in [5.41, 5.74) is 1.16.